The van der Waals surface area contributed by atoms with Gasteiger partial charge in [0.25, 0.3) is 0 Å². The van der Waals surface area contributed by atoms with Crippen LogP contribution in [0.5, 0.6) is 0 Å². The van der Waals surface area contributed by atoms with Crippen molar-refractivity contribution in [3.05, 3.63) is 34.1 Å². The predicted octanol–water partition coefficient (Wildman–Crippen LogP) is 1.65. The van der Waals surface area contributed by atoms with E-state index in [1.807, 2.05) is 21.0 Å². The molecule has 0 radical (unpaired) electrons. The van der Waals surface area contributed by atoms with Gasteiger partial charge in [0.05, 0.1) is 28.6 Å². The van der Waals surface area contributed by atoms with Gasteiger partial charge < -0.3 is 4.57 Å². The Balaban J connectivity index is 2.24. The lowest BCUT2D eigenvalue weighted by Gasteiger charge is -2.00. The average molecular weight is 297 g/mol. The fourth-order valence-corrected chi connectivity index (χ4v) is 2.15. The van der Waals surface area contributed by atoms with E-state index in [9.17, 15) is 4.79 Å². The summed E-state index contributed by atoms with van der Waals surface area (Å²) in [4.78, 5) is 16.0. The number of carbonyl (C=O) groups is 1. The highest BCUT2D eigenvalue weighted by atomic mass is 79.9. The van der Waals surface area contributed by atoms with Gasteiger partial charge in [0.1, 0.15) is 5.69 Å². The van der Waals surface area contributed by atoms with Crippen LogP contribution >= 0.6 is 15.9 Å². The SMILES string of the molecule is Cc1nn(C)c(CC(=O)c2cn(C)cn2)c1Br. The second kappa shape index (κ2) is 4.44. The number of hydrogen-bond donors (Lipinski definition) is 0. The van der Waals surface area contributed by atoms with E-state index >= 15 is 0 Å². The smallest absolute Gasteiger partial charge is 0.188 e. The zero-order valence-corrected chi connectivity index (χ0v) is 11.5. The molecule has 17 heavy (non-hydrogen) atoms. The number of aryl methyl sites for hydroxylation is 3. The monoisotopic (exact) mass is 296 g/mol. The van der Waals surface area contributed by atoms with Gasteiger partial charge >= 0.3 is 0 Å². The van der Waals surface area contributed by atoms with Crippen molar-refractivity contribution in [2.45, 2.75) is 13.3 Å². The lowest BCUT2D eigenvalue weighted by Crippen LogP contribution is -2.08. The number of halogens is 1. The van der Waals surface area contributed by atoms with Crippen molar-refractivity contribution in [1.29, 1.82) is 0 Å². The molecule has 0 aliphatic heterocycles. The third-order valence-electron chi connectivity index (χ3n) is 2.58. The minimum atomic E-state index is -0.00528. The topological polar surface area (TPSA) is 52.7 Å². The molecule has 0 spiro atoms. The lowest BCUT2D eigenvalue weighted by molar-refractivity contribution is 0.0986. The molecule has 0 saturated carbocycles. The summed E-state index contributed by atoms with van der Waals surface area (Å²) in [5.74, 6) is -0.00528. The Morgan fingerprint density at radius 3 is 2.65 bits per heavy atom. The van der Waals surface area contributed by atoms with Crippen LogP contribution < -0.4 is 0 Å². The molecular weight excluding hydrogens is 284 g/mol. The number of hydrogen-bond acceptors (Lipinski definition) is 3. The third kappa shape index (κ3) is 2.31. The van der Waals surface area contributed by atoms with Crippen LogP contribution in [-0.4, -0.2) is 25.1 Å². The molecule has 0 atom stereocenters. The van der Waals surface area contributed by atoms with Crippen LogP contribution in [0, 0.1) is 6.92 Å². The molecule has 2 aromatic rings. The average Bonchev–Trinajstić information content (AvgIpc) is 2.79. The zero-order valence-electron chi connectivity index (χ0n) is 9.94. The highest BCUT2D eigenvalue weighted by molar-refractivity contribution is 9.10. The molecule has 2 heterocycles. The van der Waals surface area contributed by atoms with Crippen LogP contribution in [0.4, 0.5) is 0 Å². The lowest BCUT2D eigenvalue weighted by atomic mass is 10.1. The van der Waals surface area contributed by atoms with Crippen LogP contribution in [0.3, 0.4) is 0 Å². The number of carbonyl (C=O) groups excluding carboxylic acids is 1. The van der Waals surface area contributed by atoms with Crippen molar-refractivity contribution in [3.63, 3.8) is 0 Å². The van der Waals surface area contributed by atoms with Gasteiger partial charge in [-0.1, -0.05) is 0 Å². The number of rotatable bonds is 3. The molecule has 0 unspecified atom stereocenters. The number of Topliss-reactive ketones (excluding diaryl/α,β-unsaturated/α-hetero) is 1. The molecule has 90 valence electrons. The minimum absolute atomic E-state index is 0.00528. The van der Waals surface area contributed by atoms with E-state index in [1.165, 1.54) is 0 Å². The summed E-state index contributed by atoms with van der Waals surface area (Å²) in [7, 11) is 3.67. The molecule has 2 aromatic heterocycles. The van der Waals surface area contributed by atoms with Crippen LogP contribution in [0.25, 0.3) is 0 Å². The Kier molecular flexibility index (Phi) is 3.15. The van der Waals surface area contributed by atoms with Gasteiger partial charge in [0.2, 0.25) is 0 Å². The van der Waals surface area contributed by atoms with E-state index in [1.54, 1.807) is 21.8 Å². The molecule has 0 N–H and O–H groups in total. The molecule has 0 aromatic carbocycles. The van der Waals surface area contributed by atoms with E-state index in [4.69, 9.17) is 0 Å². The summed E-state index contributed by atoms with van der Waals surface area (Å²) in [6.07, 6.45) is 3.64. The predicted molar refractivity (Wildman–Crippen MR) is 66.9 cm³/mol. The largest absolute Gasteiger partial charge is 0.340 e. The van der Waals surface area contributed by atoms with Crippen molar-refractivity contribution >= 4 is 21.7 Å². The maximum Gasteiger partial charge on any atom is 0.188 e. The van der Waals surface area contributed by atoms with Gasteiger partial charge in [-0.3, -0.25) is 9.48 Å². The fraction of sp³-hybridized carbons (Fsp3) is 0.364. The maximum atomic E-state index is 12.0. The van der Waals surface area contributed by atoms with Gasteiger partial charge in [0, 0.05) is 20.3 Å². The summed E-state index contributed by atoms with van der Waals surface area (Å²) >= 11 is 3.45. The molecule has 0 fully saturated rings. The standard InChI is InChI=1S/C11H13BrN4O/c1-7-11(12)9(16(3)14-7)4-10(17)8-5-15(2)6-13-8/h5-6H,4H2,1-3H3. The van der Waals surface area contributed by atoms with Crippen molar-refractivity contribution < 1.29 is 4.79 Å². The molecule has 0 amide bonds. The second-order valence-corrected chi connectivity index (χ2v) is 4.79. The fourth-order valence-electron chi connectivity index (χ4n) is 1.67. The number of imidazole rings is 1. The van der Waals surface area contributed by atoms with Crippen molar-refractivity contribution in [3.8, 4) is 0 Å². The van der Waals surface area contributed by atoms with Crippen molar-refractivity contribution in [2.24, 2.45) is 14.1 Å². The molecule has 0 saturated heterocycles. The Hall–Kier alpha value is -1.43. The van der Waals surface area contributed by atoms with E-state index in [0.717, 1.165) is 15.9 Å². The first kappa shape index (κ1) is 12.0. The minimum Gasteiger partial charge on any atom is -0.340 e. The zero-order chi connectivity index (χ0) is 12.6. The van der Waals surface area contributed by atoms with E-state index in [-0.39, 0.29) is 5.78 Å². The first-order valence-electron chi connectivity index (χ1n) is 5.18. The molecule has 5 nitrogen and oxygen atoms in total. The first-order valence-corrected chi connectivity index (χ1v) is 5.97. The van der Waals surface area contributed by atoms with Crippen molar-refractivity contribution in [1.82, 2.24) is 19.3 Å². The van der Waals surface area contributed by atoms with Gasteiger partial charge in [-0.2, -0.15) is 5.10 Å². The molecule has 6 heteroatoms. The highest BCUT2D eigenvalue weighted by Crippen LogP contribution is 2.21. The summed E-state index contributed by atoms with van der Waals surface area (Å²) in [5.41, 5.74) is 2.24. The van der Waals surface area contributed by atoms with E-state index < -0.39 is 0 Å². The van der Waals surface area contributed by atoms with Gasteiger partial charge in [-0.15, -0.1) is 0 Å². The van der Waals surface area contributed by atoms with E-state index in [2.05, 4.69) is 26.0 Å². The Morgan fingerprint density at radius 1 is 1.47 bits per heavy atom. The molecule has 0 bridgehead atoms. The molecule has 0 aliphatic carbocycles. The number of ketones is 1. The van der Waals surface area contributed by atoms with Crippen LogP contribution in [0.1, 0.15) is 21.9 Å². The summed E-state index contributed by atoms with van der Waals surface area (Å²) in [6, 6.07) is 0. The Morgan fingerprint density at radius 2 is 2.18 bits per heavy atom. The normalized spacial score (nSPS) is 10.8. The van der Waals surface area contributed by atoms with Crippen molar-refractivity contribution in [2.75, 3.05) is 0 Å². The third-order valence-corrected chi connectivity index (χ3v) is 3.61. The highest BCUT2D eigenvalue weighted by Gasteiger charge is 2.16. The van der Waals surface area contributed by atoms with Gasteiger partial charge in [-0.25, -0.2) is 4.98 Å². The molecule has 2 rings (SSSR count). The summed E-state index contributed by atoms with van der Waals surface area (Å²) in [5, 5.41) is 4.25. The summed E-state index contributed by atoms with van der Waals surface area (Å²) in [6.45, 7) is 1.90. The van der Waals surface area contributed by atoms with E-state index in [0.29, 0.717) is 12.1 Å². The molecule has 0 aliphatic rings. The summed E-state index contributed by atoms with van der Waals surface area (Å²) < 4.78 is 4.38. The Labute approximate surface area is 108 Å². The van der Waals surface area contributed by atoms with Gasteiger partial charge in [0.15, 0.2) is 5.78 Å². The van der Waals surface area contributed by atoms with Gasteiger partial charge in [-0.05, 0) is 22.9 Å². The van der Waals surface area contributed by atoms with Crippen LogP contribution in [0.2, 0.25) is 0 Å². The second-order valence-electron chi connectivity index (χ2n) is 3.99. The quantitative estimate of drug-likeness (QED) is 0.809. The number of nitrogens with zero attached hydrogens (tertiary/aromatic N) is 4. The maximum absolute atomic E-state index is 12.0. The molecular formula is C11H13BrN4O. The Bertz CT molecular complexity index is 570. The number of aromatic nitrogens is 4. The van der Waals surface area contributed by atoms with Crippen LogP contribution in [0.15, 0.2) is 17.0 Å². The van der Waals surface area contributed by atoms with Crippen LogP contribution in [-0.2, 0) is 20.5 Å². The first-order chi connectivity index (χ1) is 7.99.